The molecule has 1 aromatic carbocycles. The molecule has 4 heteroatoms. The van der Waals surface area contributed by atoms with Crippen LogP contribution in [0.25, 0.3) is 0 Å². The monoisotopic (exact) mass is 263 g/mol. The van der Waals surface area contributed by atoms with E-state index in [9.17, 15) is 0 Å². The highest BCUT2D eigenvalue weighted by atomic mass is 32.2. The van der Waals surface area contributed by atoms with Crippen molar-refractivity contribution in [2.75, 3.05) is 6.26 Å². The molecule has 1 saturated carbocycles. The molecule has 0 spiro atoms. The number of thioether (sulfide) groups is 1. The Balaban J connectivity index is 1.79. The summed E-state index contributed by atoms with van der Waals surface area (Å²) in [7, 11) is 0. The van der Waals surface area contributed by atoms with E-state index in [0.29, 0.717) is 18.5 Å². The summed E-state index contributed by atoms with van der Waals surface area (Å²) in [5, 5.41) is 4.11. The highest BCUT2D eigenvalue weighted by Crippen LogP contribution is 2.27. The molecule has 0 saturated heterocycles. The second-order valence-corrected chi connectivity index (χ2v) is 5.84. The lowest BCUT2D eigenvalue weighted by atomic mass is 10.2. The minimum absolute atomic E-state index is 0.502. The van der Waals surface area contributed by atoms with Gasteiger partial charge in [-0.2, -0.15) is 11.8 Å². The molecule has 2 rings (SSSR count). The van der Waals surface area contributed by atoms with Gasteiger partial charge in [-0.3, -0.25) is 0 Å². The molecular weight excluding hydrogens is 242 g/mol. The van der Waals surface area contributed by atoms with Crippen LogP contribution >= 0.6 is 11.8 Å². The normalized spacial score (nSPS) is 24.2. The van der Waals surface area contributed by atoms with Crippen molar-refractivity contribution in [3.8, 4) is 0 Å². The van der Waals surface area contributed by atoms with Gasteiger partial charge in [-0.1, -0.05) is 30.3 Å². The Bertz CT molecular complexity index is 391. The van der Waals surface area contributed by atoms with E-state index in [-0.39, 0.29) is 0 Å². The standard InChI is InChI=1S/C14H21N3S/c1-18-13-8-7-12(9-13)17-14(15)16-10-11-5-3-2-4-6-11/h2-6,12-13H,7-10H2,1H3,(H3,15,16,17). The first-order valence-electron chi connectivity index (χ1n) is 6.41. The number of guanidine groups is 1. The van der Waals surface area contributed by atoms with E-state index >= 15 is 0 Å². The minimum Gasteiger partial charge on any atom is -0.370 e. The second kappa shape index (κ2) is 6.69. The highest BCUT2D eigenvalue weighted by molar-refractivity contribution is 7.99. The molecule has 3 nitrogen and oxygen atoms in total. The van der Waals surface area contributed by atoms with Crippen LogP contribution in [0.5, 0.6) is 0 Å². The largest absolute Gasteiger partial charge is 0.370 e. The van der Waals surface area contributed by atoms with Gasteiger partial charge in [0.25, 0.3) is 0 Å². The number of nitrogens with one attached hydrogen (secondary N) is 1. The fourth-order valence-electron chi connectivity index (χ4n) is 2.30. The van der Waals surface area contributed by atoms with Crippen LogP contribution in [0.3, 0.4) is 0 Å². The summed E-state index contributed by atoms with van der Waals surface area (Å²) in [6.07, 6.45) is 5.86. The van der Waals surface area contributed by atoms with Crippen molar-refractivity contribution >= 4 is 17.7 Å². The van der Waals surface area contributed by atoms with E-state index in [4.69, 9.17) is 5.73 Å². The predicted molar refractivity (Wildman–Crippen MR) is 79.8 cm³/mol. The molecular formula is C14H21N3S. The van der Waals surface area contributed by atoms with E-state index in [1.54, 1.807) is 0 Å². The van der Waals surface area contributed by atoms with Crippen molar-refractivity contribution in [2.45, 2.75) is 37.1 Å². The number of benzene rings is 1. The summed E-state index contributed by atoms with van der Waals surface area (Å²) in [5.41, 5.74) is 7.11. The lowest BCUT2D eigenvalue weighted by Crippen LogP contribution is -2.38. The summed E-state index contributed by atoms with van der Waals surface area (Å²) in [6, 6.07) is 10.7. The van der Waals surface area contributed by atoms with Gasteiger partial charge in [-0.05, 0) is 31.1 Å². The Morgan fingerprint density at radius 3 is 2.83 bits per heavy atom. The quantitative estimate of drug-likeness (QED) is 0.648. The molecule has 1 aliphatic rings. The molecule has 3 N–H and O–H groups in total. The molecule has 1 aromatic rings. The molecule has 0 radical (unpaired) electrons. The lowest BCUT2D eigenvalue weighted by Gasteiger charge is -2.13. The van der Waals surface area contributed by atoms with Crippen molar-refractivity contribution in [1.82, 2.24) is 5.32 Å². The summed E-state index contributed by atoms with van der Waals surface area (Å²) < 4.78 is 0. The number of hydrogen-bond donors (Lipinski definition) is 2. The molecule has 1 aliphatic carbocycles. The van der Waals surface area contributed by atoms with Crippen molar-refractivity contribution in [1.29, 1.82) is 0 Å². The molecule has 0 aromatic heterocycles. The Morgan fingerprint density at radius 2 is 2.17 bits per heavy atom. The van der Waals surface area contributed by atoms with Gasteiger partial charge in [0.05, 0.1) is 6.54 Å². The zero-order chi connectivity index (χ0) is 12.8. The van der Waals surface area contributed by atoms with Gasteiger partial charge in [-0.25, -0.2) is 4.99 Å². The van der Waals surface area contributed by atoms with Gasteiger partial charge < -0.3 is 11.1 Å². The topological polar surface area (TPSA) is 50.4 Å². The number of rotatable bonds is 4. The number of aliphatic imine (C=N–C) groups is 1. The van der Waals surface area contributed by atoms with Gasteiger partial charge in [0.1, 0.15) is 0 Å². The average Bonchev–Trinajstić information content (AvgIpc) is 2.85. The van der Waals surface area contributed by atoms with Gasteiger partial charge in [-0.15, -0.1) is 0 Å². The first-order chi connectivity index (χ1) is 8.78. The fraction of sp³-hybridized carbons (Fsp3) is 0.500. The maximum Gasteiger partial charge on any atom is 0.189 e. The summed E-state index contributed by atoms with van der Waals surface area (Å²) >= 11 is 1.95. The molecule has 1 fully saturated rings. The Kier molecular flexibility index (Phi) is 4.93. The van der Waals surface area contributed by atoms with Crippen LogP contribution in [0.2, 0.25) is 0 Å². The van der Waals surface area contributed by atoms with E-state index in [1.807, 2.05) is 30.0 Å². The third kappa shape index (κ3) is 3.95. The van der Waals surface area contributed by atoms with Gasteiger partial charge >= 0.3 is 0 Å². The van der Waals surface area contributed by atoms with Crippen molar-refractivity contribution in [3.05, 3.63) is 35.9 Å². The van der Waals surface area contributed by atoms with E-state index in [1.165, 1.54) is 24.8 Å². The van der Waals surface area contributed by atoms with Gasteiger partial charge in [0.15, 0.2) is 5.96 Å². The first-order valence-corrected chi connectivity index (χ1v) is 7.70. The Labute approximate surface area is 113 Å². The first kappa shape index (κ1) is 13.3. The summed E-state index contributed by atoms with van der Waals surface area (Å²) in [6.45, 7) is 0.651. The Hall–Kier alpha value is -1.16. The number of hydrogen-bond acceptors (Lipinski definition) is 2. The van der Waals surface area contributed by atoms with Gasteiger partial charge in [0, 0.05) is 11.3 Å². The smallest absolute Gasteiger partial charge is 0.189 e. The summed E-state index contributed by atoms with van der Waals surface area (Å²) in [5.74, 6) is 0.575. The third-order valence-electron chi connectivity index (χ3n) is 3.34. The second-order valence-electron chi connectivity index (χ2n) is 4.70. The van der Waals surface area contributed by atoms with Crippen molar-refractivity contribution in [3.63, 3.8) is 0 Å². The van der Waals surface area contributed by atoms with Crippen LogP contribution in [0.1, 0.15) is 24.8 Å². The zero-order valence-electron chi connectivity index (χ0n) is 10.8. The molecule has 98 valence electrons. The van der Waals surface area contributed by atoms with Gasteiger partial charge in [0.2, 0.25) is 0 Å². The highest BCUT2D eigenvalue weighted by Gasteiger charge is 2.23. The van der Waals surface area contributed by atoms with Crippen LogP contribution in [0, 0.1) is 0 Å². The van der Waals surface area contributed by atoms with E-state index in [2.05, 4.69) is 28.7 Å². The number of nitrogens with two attached hydrogens (primary N) is 1. The maximum atomic E-state index is 5.92. The molecule has 0 heterocycles. The molecule has 0 bridgehead atoms. The molecule has 2 atom stereocenters. The van der Waals surface area contributed by atoms with E-state index < -0.39 is 0 Å². The van der Waals surface area contributed by atoms with Crippen molar-refractivity contribution in [2.24, 2.45) is 10.7 Å². The van der Waals surface area contributed by atoms with Crippen LogP contribution in [-0.4, -0.2) is 23.5 Å². The molecule has 18 heavy (non-hydrogen) atoms. The molecule has 0 aliphatic heterocycles. The minimum atomic E-state index is 0.502. The van der Waals surface area contributed by atoms with E-state index in [0.717, 1.165) is 5.25 Å². The predicted octanol–water partition coefficient (Wildman–Crippen LogP) is 2.38. The van der Waals surface area contributed by atoms with Crippen LogP contribution in [0.4, 0.5) is 0 Å². The van der Waals surface area contributed by atoms with Crippen LogP contribution in [0.15, 0.2) is 35.3 Å². The Morgan fingerprint density at radius 1 is 1.39 bits per heavy atom. The van der Waals surface area contributed by atoms with Crippen molar-refractivity contribution < 1.29 is 0 Å². The molecule has 2 unspecified atom stereocenters. The number of nitrogens with zero attached hydrogens (tertiary/aromatic N) is 1. The average molecular weight is 263 g/mol. The lowest BCUT2D eigenvalue weighted by molar-refractivity contribution is 0.626. The SMILES string of the molecule is CSC1CCC(NC(N)=NCc2ccccc2)C1. The third-order valence-corrected chi connectivity index (χ3v) is 4.44. The van der Waals surface area contributed by atoms with Crippen LogP contribution < -0.4 is 11.1 Å². The fourth-order valence-corrected chi connectivity index (χ4v) is 3.10. The summed E-state index contributed by atoms with van der Waals surface area (Å²) in [4.78, 5) is 4.39. The molecule has 0 amide bonds. The van der Waals surface area contributed by atoms with Crippen LogP contribution in [-0.2, 0) is 6.54 Å². The zero-order valence-corrected chi connectivity index (χ0v) is 11.6. The maximum absolute atomic E-state index is 5.92.